The fraction of sp³-hybridized carbons (Fsp3) is 0.615. The molecular formula is C13H19BrN2O. The van der Waals surface area contributed by atoms with Gasteiger partial charge in [-0.05, 0) is 41.4 Å². The first-order chi connectivity index (χ1) is 8.31. The maximum Gasteiger partial charge on any atom is 0.0880 e. The number of aromatic nitrogens is 1. The first-order valence-electron chi connectivity index (χ1n) is 6.24. The van der Waals surface area contributed by atoms with E-state index in [1.807, 2.05) is 12.4 Å². The van der Waals surface area contributed by atoms with Gasteiger partial charge in [0.15, 0.2) is 0 Å². The normalized spacial score (nSPS) is 24.8. The van der Waals surface area contributed by atoms with E-state index in [-0.39, 0.29) is 6.10 Å². The Morgan fingerprint density at radius 1 is 1.53 bits per heavy atom. The highest BCUT2D eigenvalue weighted by Gasteiger charge is 2.27. The molecule has 94 valence electrons. The van der Waals surface area contributed by atoms with Gasteiger partial charge in [-0.1, -0.05) is 6.92 Å². The van der Waals surface area contributed by atoms with Gasteiger partial charge in [0.05, 0.1) is 6.10 Å². The molecule has 1 aromatic rings. The molecule has 1 saturated heterocycles. The zero-order chi connectivity index (χ0) is 12.1. The molecule has 0 bridgehead atoms. The molecule has 1 N–H and O–H groups in total. The van der Waals surface area contributed by atoms with Gasteiger partial charge in [-0.2, -0.15) is 0 Å². The molecule has 0 aliphatic carbocycles. The van der Waals surface area contributed by atoms with E-state index in [4.69, 9.17) is 4.74 Å². The highest BCUT2D eigenvalue weighted by Crippen LogP contribution is 2.33. The van der Waals surface area contributed by atoms with Gasteiger partial charge < -0.3 is 10.1 Å². The van der Waals surface area contributed by atoms with Crippen molar-refractivity contribution in [1.82, 2.24) is 10.3 Å². The van der Waals surface area contributed by atoms with Crippen LogP contribution in [0.4, 0.5) is 0 Å². The highest BCUT2D eigenvalue weighted by molar-refractivity contribution is 9.10. The second-order valence-electron chi connectivity index (χ2n) is 4.44. The van der Waals surface area contributed by atoms with Gasteiger partial charge in [0.2, 0.25) is 0 Å². The van der Waals surface area contributed by atoms with E-state index in [1.165, 1.54) is 12.0 Å². The summed E-state index contributed by atoms with van der Waals surface area (Å²) >= 11 is 3.47. The number of nitrogens with one attached hydrogen (secondary N) is 1. The lowest BCUT2D eigenvalue weighted by molar-refractivity contribution is -0.0278. The van der Waals surface area contributed by atoms with E-state index in [2.05, 4.69) is 39.2 Å². The summed E-state index contributed by atoms with van der Waals surface area (Å²) in [5.74, 6) is 0.555. The number of hydrogen-bond acceptors (Lipinski definition) is 3. The van der Waals surface area contributed by atoms with E-state index in [9.17, 15) is 0 Å². The Morgan fingerprint density at radius 2 is 2.41 bits per heavy atom. The molecule has 3 nitrogen and oxygen atoms in total. The summed E-state index contributed by atoms with van der Waals surface area (Å²) in [4.78, 5) is 4.23. The third kappa shape index (κ3) is 3.50. The molecule has 1 aromatic heterocycles. The van der Waals surface area contributed by atoms with E-state index in [0.29, 0.717) is 5.92 Å². The second kappa shape index (κ2) is 6.47. The molecule has 2 atom stereocenters. The van der Waals surface area contributed by atoms with Gasteiger partial charge in [0, 0.05) is 41.5 Å². The molecule has 0 radical (unpaired) electrons. The van der Waals surface area contributed by atoms with Crippen LogP contribution >= 0.6 is 15.9 Å². The number of hydrogen-bond donors (Lipinski definition) is 1. The van der Waals surface area contributed by atoms with E-state index in [1.54, 1.807) is 0 Å². The van der Waals surface area contributed by atoms with Crippen molar-refractivity contribution >= 4 is 15.9 Å². The molecule has 1 aliphatic rings. The Bertz CT molecular complexity index is 359. The van der Waals surface area contributed by atoms with Gasteiger partial charge in [0.1, 0.15) is 0 Å². The third-order valence-electron chi connectivity index (χ3n) is 3.16. The first kappa shape index (κ1) is 13.0. The van der Waals surface area contributed by atoms with Gasteiger partial charge in [-0.15, -0.1) is 0 Å². The molecule has 17 heavy (non-hydrogen) atoms. The van der Waals surface area contributed by atoms with Crippen LogP contribution in [-0.4, -0.2) is 24.7 Å². The largest absolute Gasteiger partial charge is 0.373 e. The monoisotopic (exact) mass is 298 g/mol. The van der Waals surface area contributed by atoms with Crippen molar-refractivity contribution in [3.05, 3.63) is 28.5 Å². The van der Waals surface area contributed by atoms with Crippen LogP contribution in [0.1, 0.15) is 31.4 Å². The van der Waals surface area contributed by atoms with Crippen molar-refractivity contribution in [3.63, 3.8) is 0 Å². The summed E-state index contributed by atoms with van der Waals surface area (Å²) < 4.78 is 6.95. The van der Waals surface area contributed by atoms with Crippen LogP contribution in [0.25, 0.3) is 0 Å². The predicted molar refractivity (Wildman–Crippen MR) is 71.9 cm³/mol. The van der Waals surface area contributed by atoms with Crippen LogP contribution in [0.5, 0.6) is 0 Å². The van der Waals surface area contributed by atoms with Crippen molar-refractivity contribution in [2.75, 3.05) is 19.7 Å². The molecule has 1 fully saturated rings. The summed E-state index contributed by atoms with van der Waals surface area (Å²) in [7, 11) is 0. The smallest absolute Gasteiger partial charge is 0.0880 e. The fourth-order valence-electron chi connectivity index (χ4n) is 2.33. The average molecular weight is 299 g/mol. The Morgan fingerprint density at radius 3 is 3.18 bits per heavy atom. The SMILES string of the molecule is CCNCC1CCCOC1c1cncc(Br)c1. The van der Waals surface area contributed by atoms with Gasteiger partial charge in [0.25, 0.3) is 0 Å². The van der Waals surface area contributed by atoms with Crippen LogP contribution in [-0.2, 0) is 4.74 Å². The number of pyridine rings is 1. The van der Waals surface area contributed by atoms with Crippen molar-refractivity contribution in [2.45, 2.75) is 25.9 Å². The number of nitrogens with zero attached hydrogens (tertiary/aromatic N) is 1. The number of halogens is 1. The van der Waals surface area contributed by atoms with Crippen LogP contribution in [0, 0.1) is 5.92 Å². The Labute approximate surface area is 111 Å². The molecule has 1 aliphatic heterocycles. The molecule has 2 heterocycles. The molecule has 0 aromatic carbocycles. The van der Waals surface area contributed by atoms with Crippen LogP contribution in [0.15, 0.2) is 22.9 Å². The molecule has 4 heteroatoms. The molecule has 2 unspecified atom stereocenters. The summed E-state index contributed by atoms with van der Waals surface area (Å²) in [6, 6.07) is 2.11. The van der Waals surface area contributed by atoms with Gasteiger partial charge in [-0.3, -0.25) is 4.98 Å². The van der Waals surface area contributed by atoms with Crippen molar-refractivity contribution in [2.24, 2.45) is 5.92 Å². The van der Waals surface area contributed by atoms with E-state index in [0.717, 1.165) is 30.6 Å². The lowest BCUT2D eigenvalue weighted by Gasteiger charge is -2.32. The molecule has 2 rings (SSSR count). The Kier molecular flexibility index (Phi) is 4.95. The van der Waals surface area contributed by atoms with Gasteiger partial charge in [-0.25, -0.2) is 0 Å². The van der Waals surface area contributed by atoms with E-state index >= 15 is 0 Å². The third-order valence-corrected chi connectivity index (χ3v) is 3.59. The quantitative estimate of drug-likeness (QED) is 0.928. The zero-order valence-electron chi connectivity index (χ0n) is 10.2. The lowest BCUT2D eigenvalue weighted by Crippen LogP contribution is -2.31. The lowest BCUT2D eigenvalue weighted by atomic mass is 9.90. The highest BCUT2D eigenvalue weighted by atomic mass is 79.9. The van der Waals surface area contributed by atoms with Crippen LogP contribution in [0.3, 0.4) is 0 Å². The van der Waals surface area contributed by atoms with Crippen LogP contribution < -0.4 is 5.32 Å². The maximum atomic E-state index is 5.93. The number of ether oxygens (including phenoxy) is 1. The minimum absolute atomic E-state index is 0.188. The number of rotatable bonds is 4. The minimum atomic E-state index is 0.188. The van der Waals surface area contributed by atoms with Gasteiger partial charge >= 0.3 is 0 Å². The van der Waals surface area contributed by atoms with Crippen molar-refractivity contribution in [1.29, 1.82) is 0 Å². The topological polar surface area (TPSA) is 34.1 Å². The standard InChI is InChI=1S/C13H19BrN2O/c1-2-15-7-10-4-3-5-17-13(10)11-6-12(14)9-16-8-11/h6,8-10,13,15H,2-5,7H2,1H3. The average Bonchev–Trinajstić information content (AvgIpc) is 2.37. The van der Waals surface area contributed by atoms with Crippen LogP contribution in [0.2, 0.25) is 0 Å². The summed E-state index contributed by atoms with van der Waals surface area (Å²) in [6.07, 6.45) is 6.30. The summed E-state index contributed by atoms with van der Waals surface area (Å²) in [5.41, 5.74) is 1.18. The summed E-state index contributed by atoms with van der Waals surface area (Å²) in [5, 5.41) is 3.42. The zero-order valence-corrected chi connectivity index (χ0v) is 11.7. The summed E-state index contributed by atoms with van der Waals surface area (Å²) in [6.45, 7) is 5.03. The Balaban J connectivity index is 2.10. The van der Waals surface area contributed by atoms with Crippen molar-refractivity contribution < 1.29 is 4.74 Å². The van der Waals surface area contributed by atoms with E-state index < -0.39 is 0 Å². The molecule has 0 saturated carbocycles. The molecular weight excluding hydrogens is 280 g/mol. The second-order valence-corrected chi connectivity index (χ2v) is 5.35. The molecule has 0 spiro atoms. The maximum absolute atomic E-state index is 5.93. The predicted octanol–water partition coefficient (Wildman–Crippen LogP) is 2.92. The Hall–Kier alpha value is -0.450. The fourth-order valence-corrected chi connectivity index (χ4v) is 2.72. The first-order valence-corrected chi connectivity index (χ1v) is 7.03. The van der Waals surface area contributed by atoms with Crippen molar-refractivity contribution in [3.8, 4) is 0 Å². The molecule has 0 amide bonds. The minimum Gasteiger partial charge on any atom is -0.373 e.